The zero-order valence-electron chi connectivity index (χ0n) is 25.1. The number of Topliss-reactive ketones (excluding diaryl/α,β-unsaturated/α-hetero) is 3. The van der Waals surface area contributed by atoms with Crippen LogP contribution in [0.1, 0.15) is 102 Å². The molecule has 0 saturated heterocycles. The van der Waals surface area contributed by atoms with Crippen LogP contribution >= 0.6 is 0 Å². The summed E-state index contributed by atoms with van der Waals surface area (Å²) < 4.78 is 0. The number of aliphatic hydroxyl groups is 3. The highest BCUT2D eigenvalue weighted by molar-refractivity contribution is 6.25. The molecule has 1 saturated carbocycles. The smallest absolute Gasteiger partial charge is 0.209 e. The number of hydrogen-bond acceptors (Lipinski definition) is 7. The fourth-order valence-corrected chi connectivity index (χ4v) is 9.01. The van der Waals surface area contributed by atoms with E-state index in [-0.39, 0.29) is 35.0 Å². The second-order valence-corrected chi connectivity index (χ2v) is 14.2. The minimum Gasteiger partial charge on any atom is -0.511 e. The van der Waals surface area contributed by atoms with E-state index in [4.69, 9.17) is 0 Å². The molecule has 1 aromatic carbocycles. The molecule has 4 N–H and O–H groups in total. The highest BCUT2D eigenvalue weighted by atomic mass is 16.3. The predicted octanol–water partition coefficient (Wildman–Crippen LogP) is 6.11. The van der Waals surface area contributed by atoms with Crippen LogP contribution in [0.3, 0.4) is 0 Å². The van der Waals surface area contributed by atoms with Gasteiger partial charge in [0.1, 0.15) is 22.8 Å². The molecule has 41 heavy (non-hydrogen) atoms. The molecule has 0 aromatic heterocycles. The summed E-state index contributed by atoms with van der Waals surface area (Å²) in [5, 5.41) is 46.1. The van der Waals surface area contributed by atoms with Gasteiger partial charge in [0.25, 0.3) is 0 Å². The number of phenolic OH excluding ortho intramolecular Hbond substituents is 1. The number of carbonyl (C=O) groups is 3. The first kappa shape index (κ1) is 29.6. The molecule has 5 rings (SSSR count). The SMILES string of the molecule is CC(=O)C1=C(O)C(C(C)C)[C@@]2(C)C[C@@]3(C)Cc4c(CCC5CCC(C)CC5)ccc(O)c4C(=O)C3=C(O)[C@@]2(O)C1=O. The van der Waals surface area contributed by atoms with E-state index in [1.54, 1.807) is 6.92 Å². The van der Waals surface area contributed by atoms with E-state index in [0.29, 0.717) is 12.3 Å². The number of allylic oxidation sites excluding steroid dienone is 2. The van der Waals surface area contributed by atoms with Gasteiger partial charge in [-0.25, -0.2) is 0 Å². The lowest BCUT2D eigenvalue weighted by Gasteiger charge is -2.59. The summed E-state index contributed by atoms with van der Waals surface area (Å²) in [5.41, 5.74) is -3.75. The Morgan fingerprint density at radius 2 is 1.68 bits per heavy atom. The summed E-state index contributed by atoms with van der Waals surface area (Å²) in [7, 11) is 0. The predicted molar refractivity (Wildman–Crippen MR) is 155 cm³/mol. The molecule has 0 radical (unpaired) electrons. The third-order valence-electron chi connectivity index (χ3n) is 10.9. The average molecular weight is 565 g/mol. The zero-order valence-corrected chi connectivity index (χ0v) is 25.1. The number of aryl methyl sites for hydroxylation is 1. The molecule has 7 heteroatoms. The second-order valence-electron chi connectivity index (χ2n) is 14.2. The lowest BCUT2D eigenvalue weighted by molar-refractivity contribution is -0.171. The largest absolute Gasteiger partial charge is 0.511 e. The van der Waals surface area contributed by atoms with Crippen molar-refractivity contribution in [1.29, 1.82) is 0 Å². The number of aromatic hydroxyl groups is 1. The molecule has 1 unspecified atom stereocenters. The fourth-order valence-electron chi connectivity index (χ4n) is 9.01. The maximum atomic E-state index is 14.2. The van der Waals surface area contributed by atoms with Crippen LogP contribution in [0.4, 0.5) is 0 Å². The summed E-state index contributed by atoms with van der Waals surface area (Å²) in [6.07, 6.45) is 7.05. The Kier molecular flexibility index (Phi) is 7.08. The molecule has 1 aromatic rings. The highest BCUT2D eigenvalue weighted by Crippen LogP contribution is 2.65. The van der Waals surface area contributed by atoms with Crippen LogP contribution in [0.15, 0.2) is 34.8 Å². The van der Waals surface area contributed by atoms with Gasteiger partial charge in [-0.3, -0.25) is 14.4 Å². The molecular formula is C34H44O7. The van der Waals surface area contributed by atoms with Crippen LogP contribution in [0.5, 0.6) is 5.75 Å². The van der Waals surface area contributed by atoms with Gasteiger partial charge in [-0.15, -0.1) is 0 Å². The molecule has 0 aliphatic heterocycles. The maximum Gasteiger partial charge on any atom is 0.209 e. The quantitative estimate of drug-likeness (QED) is 0.318. The second kappa shape index (κ2) is 9.82. The van der Waals surface area contributed by atoms with E-state index in [2.05, 4.69) is 6.92 Å². The van der Waals surface area contributed by atoms with Gasteiger partial charge in [-0.1, -0.05) is 66.4 Å². The van der Waals surface area contributed by atoms with Gasteiger partial charge in [0.2, 0.25) is 5.78 Å². The molecule has 4 aliphatic rings. The first-order chi connectivity index (χ1) is 19.1. The fraction of sp³-hybridized carbons (Fsp3) is 0.618. The van der Waals surface area contributed by atoms with Crippen molar-refractivity contribution < 1.29 is 34.8 Å². The Balaban J connectivity index is 1.64. The summed E-state index contributed by atoms with van der Waals surface area (Å²) in [5.74, 6) is -3.48. The number of benzene rings is 1. The summed E-state index contributed by atoms with van der Waals surface area (Å²) in [6.45, 7) is 10.6. The van der Waals surface area contributed by atoms with E-state index in [0.717, 1.165) is 36.8 Å². The van der Waals surface area contributed by atoms with Gasteiger partial charge < -0.3 is 20.4 Å². The number of hydrogen-bond donors (Lipinski definition) is 4. The first-order valence-corrected chi connectivity index (χ1v) is 15.1. The van der Waals surface area contributed by atoms with Crippen molar-refractivity contribution in [3.05, 3.63) is 51.5 Å². The Morgan fingerprint density at radius 1 is 1.05 bits per heavy atom. The molecule has 0 spiro atoms. The third-order valence-corrected chi connectivity index (χ3v) is 10.9. The standard InChI is InChI=1S/C34H44O7/c1-17(2)26-28(37)24(19(4)35)30(39)34(41)31(40)27-29(38)25-22(15-32(27,5)16-33(26,34)6)21(13-14-23(25)36)12-11-20-9-7-18(3)8-10-20/h13-14,17-18,20,26,36-37,40-41H,7-12,15-16H2,1-6H3/t18?,20?,26?,32-,33-,34+/m1/s1. The van der Waals surface area contributed by atoms with E-state index < -0.39 is 51.0 Å². The maximum absolute atomic E-state index is 14.2. The number of phenols is 1. The van der Waals surface area contributed by atoms with Gasteiger partial charge >= 0.3 is 0 Å². The van der Waals surface area contributed by atoms with Crippen LogP contribution in [0.2, 0.25) is 0 Å². The number of carbonyl (C=O) groups excluding carboxylic acids is 3. The molecule has 0 heterocycles. The van der Waals surface area contributed by atoms with Gasteiger partial charge in [0.15, 0.2) is 17.2 Å². The van der Waals surface area contributed by atoms with Gasteiger partial charge in [-0.05, 0) is 67.6 Å². The topological polar surface area (TPSA) is 132 Å². The average Bonchev–Trinajstić information content (AvgIpc) is 2.86. The number of aliphatic hydroxyl groups excluding tert-OH is 2. The van der Waals surface area contributed by atoms with Crippen molar-refractivity contribution in [2.45, 2.75) is 98.5 Å². The Hall–Kier alpha value is -2.93. The van der Waals surface area contributed by atoms with E-state index >= 15 is 0 Å². The zero-order chi connectivity index (χ0) is 30.2. The lowest BCUT2D eigenvalue weighted by Crippen LogP contribution is -2.67. The van der Waals surface area contributed by atoms with E-state index in [1.807, 2.05) is 26.8 Å². The first-order valence-electron chi connectivity index (χ1n) is 15.1. The highest BCUT2D eigenvalue weighted by Gasteiger charge is 2.71. The van der Waals surface area contributed by atoms with Crippen molar-refractivity contribution >= 4 is 17.3 Å². The molecule has 0 amide bonds. The van der Waals surface area contributed by atoms with E-state index in [9.17, 15) is 34.8 Å². The Labute approximate surface area is 242 Å². The summed E-state index contributed by atoms with van der Waals surface area (Å²) in [4.78, 5) is 40.5. The van der Waals surface area contributed by atoms with Gasteiger partial charge in [0, 0.05) is 22.3 Å². The minimum absolute atomic E-state index is 0.0983. The van der Waals surface area contributed by atoms with E-state index in [1.165, 1.54) is 31.7 Å². The summed E-state index contributed by atoms with van der Waals surface area (Å²) >= 11 is 0. The van der Waals surface area contributed by atoms with Gasteiger partial charge in [-0.2, -0.15) is 0 Å². The number of rotatable bonds is 5. The van der Waals surface area contributed by atoms with Crippen molar-refractivity contribution in [2.75, 3.05) is 0 Å². The molecule has 4 atom stereocenters. The normalized spacial score (nSPS) is 35.4. The molecule has 7 nitrogen and oxygen atoms in total. The van der Waals surface area contributed by atoms with Crippen LogP contribution in [0, 0.1) is 34.5 Å². The Bertz CT molecular complexity index is 1390. The van der Waals surface area contributed by atoms with Crippen LogP contribution in [-0.4, -0.2) is 43.4 Å². The third kappa shape index (κ3) is 4.13. The minimum atomic E-state index is -2.58. The lowest BCUT2D eigenvalue weighted by atomic mass is 9.44. The number of fused-ring (bicyclic) bond motifs is 3. The van der Waals surface area contributed by atoms with Crippen LogP contribution in [0.25, 0.3) is 0 Å². The molecule has 4 aliphatic carbocycles. The molecular weight excluding hydrogens is 520 g/mol. The molecule has 222 valence electrons. The number of ketones is 3. The van der Waals surface area contributed by atoms with Crippen molar-refractivity contribution in [2.24, 2.45) is 34.5 Å². The van der Waals surface area contributed by atoms with Crippen LogP contribution < -0.4 is 0 Å². The monoisotopic (exact) mass is 564 g/mol. The van der Waals surface area contributed by atoms with Crippen molar-refractivity contribution in [3.8, 4) is 5.75 Å². The molecule has 1 fully saturated rings. The molecule has 0 bridgehead atoms. The summed E-state index contributed by atoms with van der Waals surface area (Å²) in [6, 6.07) is 3.41. The van der Waals surface area contributed by atoms with Crippen LogP contribution in [-0.2, 0) is 22.4 Å². The Morgan fingerprint density at radius 3 is 2.27 bits per heavy atom. The van der Waals surface area contributed by atoms with Crippen molar-refractivity contribution in [1.82, 2.24) is 0 Å². The van der Waals surface area contributed by atoms with Crippen molar-refractivity contribution in [3.63, 3.8) is 0 Å². The van der Waals surface area contributed by atoms with Gasteiger partial charge in [0.05, 0.1) is 5.56 Å².